The van der Waals surface area contributed by atoms with Crippen molar-refractivity contribution in [2.24, 2.45) is 0 Å². The molecule has 0 bridgehead atoms. The molecule has 0 saturated carbocycles. The van der Waals surface area contributed by atoms with Gasteiger partial charge < -0.3 is 4.90 Å². The second-order valence-corrected chi connectivity index (χ2v) is 8.20. The van der Waals surface area contributed by atoms with Gasteiger partial charge in [-0.3, -0.25) is 0 Å². The molecule has 1 aromatic rings. The first-order valence-electron chi connectivity index (χ1n) is 7.81. The van der Waals surface area contributed by atoms with Crippen LogP contribution in [0.5, 0.6) is 0 Å². The van der Waals surface area contributed by atoms with E-state index in [-0.39, 0.29) is 6.04 Å². The van der Waals surface area contributed by atoms with Crippen molar-refractivity contribution < 1.29 is 8.42 Å². The fourth-order valence-corrected chi connectivity index (χ4v) is 4.47. The maximum absolute atomic E-state index is 12.5. The minimum atomic E-state index is -3.47. The molecule has 0 aliphatic carbocycles. The van der Waals surface area contributed by atoms with Crippen molar-refractivity contribution in [3.8, 4) is 0 Å². The first kappa shape index (κ1) is 19.6. The van der Waals surface area contributed by atoms with E-state index in [9.17, 15) is 8.42 Å². The Labute approximate surface area is 143 Å². The molecule has 0 amide bonds. The van der Waals surface area contributed by atoms with Crippen molar-refractivity contribution >= 4 is 26.0 Å². The Hall–Kier alpha value is -0.430. The first-order valence-corrected chi connectivity index (χ1v) is 10.1. The highest BCUT2D eigenvalue weighted by molar-refractivity contribution is 9.10. The van der Waals surface area contributed by atoms with Gasteiger partial charge in [-0.25, -0.2) is 13.1 Å². The number of hydrogen-bond acceptors (Lipinski definition) is 3. The van der Waals surface area contributed by atoms with E-state index in [2.05, 4.69) is 39.4 Å². The smallest absolute Gasteiger partial charge is 0.241 e. The summed E-state index contributed by atoms with van der Waals surface area (Å²) in [4.78, 5) is 2.69. The number of nitrogens with one attached hydrogen (secondary N) is 1. The Bertz CT molecular complexity index is 572. The van der Waals surface area contributed by atoms with Gasteiger partial charge in [0.2, 0.25) is 10.0 Å². The number of aryl methyl sites for hydroxylation is 1. The van der Waals surface area contributed by atoms with Crippen LogP contribution >= 0.6 is 15.9 Å². The van der Waals surface area contributed by atoms with E-state index >= 15 is 0 Å². The van der Waals surface area contributed by atoms with Gasteiger partial charge in [0.1, 0.15) is 0 Å². The molecule has 0 aliphatic rings. The summed E-state index contributed by atoms with van der Waals surface area (Å²) in [6.07, 6.45) is 1.83. The molecule has 4 nitrogen and oxygen atoms in total. The molecule has 0 aromatic heterocycles. The lowest BCUT2D eigenvalue weighted by Crippen LogP contribution is -2.34. The molecule has 126 valence electrons. The molecule has 1 atom stereocenters. The molecule has 1 rings (SSSR count). The van der Waals surface area contributed by atoms with Crippen LogP contribution in [0.1, 0.15) is 39.2 Å². The van der Waals surface area contributed by atoms with Gasteiger partial charge >= 0.3 is 0 Å². The van der Waals surface area contributed by atoms with Crippen LogP contribution in [0.25, 0.3) is 0 Å². The second kappa shape index (κ2) is 9.01. The van der Waals surface area contributed by atoms with Crippen LogP contribution in [-0.2, 0) is 10.0 Å². The maximum atomic E-state index is 12.5. The third kappa shape index (κ3) is 5.99. The molecule has 0 unspecified atom stereocenters. The normalized spacial score (nSPS) is 13.5. The van der Waals surface area contributed by atoms with E-state index in [0.717, 1.165) is 42.5 Å². The lowest BCUT2D eigenvalue weighted by molar-refractivity contribution is 0.293. The molecular formula is C16H27BrN2O2S. The van der Waals surface area contributed by atoms with Crippen molar-refractivity contribution in [1.82, 2.24) is 9.62 Å². The van der Waals surface area contributed by atoms with E-state index in [0.29, 0.717) is 4.90 Å². The van der Waals surface area contributed by atoms with Crippen molar-refractivity contribution in [2.75, 3.05) is 19.6 Å². The Morgan fingerprint density at radius 2 is 1.91 bits per heavy atom. The highest BCUT2D eigenvalue weighted by atomic mass is 79.9. The minimum absolute atomic E-state index is 0.0704. The van der Waals surface area contributed by atoms with Crippen LogP contribution in [0, 0.1) is 6.92 Å². The van der Waals surface area contributed by atoms with Crippen molar-refractivity contribution in [3.63, 3.8) is 0 Å². The zero-order valence-corrected chi connectivity index (χ0v) is 16.3. The molecule has 6 heteroatoms. The van der Waals surface area contributed by atoms with Crippen LogP contribution in [0.2, 0.25) is 0 Å². The fourth-order valence-electron chi connectivity index (χ4n) is 2.41. The predicted octanol–water partition coefficient (Wildman–Crippen LogP) is 3.55. The SMILES string of the molecule is CCN(CC)CCC[C@@H](C)NS(=O)(=O)c1cc(Br)ccc1C. The summed E-state index contributed by atoms with van der Waals surface area (Å²) in [6.45, 7) is 11.1. The average Bonchev–Trinajstić information content (AvgIpc) is 2.45. The summed E-state index contributed by atoms with van der Waals surface area (Å²) in [5, 5.41) is 0. The third-order valence-electron chi connectivity index (χ3n) is 3.80. The Kier molecular flexibility index (Phi) is 8.03. The standard InChI is InChI=1S/C16H27BrN2O2S/c1-5-19(6-2)11-7-8-14(4)18-22(20,21)16-12-15(17)10-9-13(16)3/h9-10,12,14,18H,5-8,11H2,1-4H3/t14-/m1/s1. The van der Waals surface area contributed by atoms with Crippen LogP contribution in [-0.4, -0.2) is 39.0 Å². The van der Waals surface area contributed by atoms with Crippen molar-refractivity contribution in [2.45, 2.75) is 51.5 Å². The maximum Gasteiger partial charge on any atom is 0.241 e. The molecule has 0 spiro atoms. The van der Waals surface area contributed by atoms with Crippen LogP contribution < -0.4 is 4.72 Å². The minimum Gasteiger partial charge on any atom is -0.304 e. The van der Waals surface area contributed by atoms with Gasteiger partial charge in [-0.15, -0.1) is 0 Å². The van der Waals surface area contributed by atoms with Crippen molar-refractivity contribution in [3.05, 3.63) is 28.2 Å². The van der Waals surface area contributed by atoms with Gasteiger partial charge in [0.25, 0.3) is 0 Å². The molecule has 0 heterocycles. The largest absolute Gasteiger partial charge is 0.304 e. The number of hydrogen-bond donors (Lipinski definition) is 1. The van der Waals surface area contributed by atoms with Crippen LogP contribution in [0.15, 0.2) is 27.6 Å². The molecule has 0 fully saturated rings. The van der Waals surface area contributed by atoms with Gasteiger partial charge in [0.05, 0.1) is 4.90 Å². The molecule has 1 N–H and O–H groups in total. The lowest BCUT2D eigenvalue weighted by Gasteiger charge is -2.20. The second-order valence-electron chi connectivity index (χ2n) is 5.60. The Morgan fingerprint density at radius 1 is 1.27 bits per heavy atom. The first-order chi connectivity index (χ1) is 10.3. The summed E-state index contributed by atoms with van der Waals surface area (Å²) in [7, 11) is -3.47. The van der Waals surface area contributed by atoms with Crippen LogP contribution in [0.4, 0.5) is 0 Å². The number of rotatable bonds is 9. The fraction of sp³-hybridized carbons (Fsp3) is 0.625. The zero-order chi connectivity index (χ0) is 16.8. The summed E-state index contributed by atoms with van der Waals surface area (Å²) in [5.74, 6) is 0. The monoisotopic (exact) mass is 390 g/mol. The molecular weight excluding hydrogens is 364 g/mol. The highest BCUT2D eigenvalue weighted by Gasteiger charge is 2.19. The number of benzene rings is 1. The van der Waals surface area contributed by atoms with E-state index in [4.69, 9.17) is 0 Å². The zero-order valence-electron chi connectivity index (χ0n) is 13.9. The van der Waals surface area contributed by atoms with Gasteiger partial charge in [-0.2, -0.15) is 0 Å². The number of sulfonamides is 1. The van der Waals surface area contributed by atoms with Crippen molar-refractivity contribution in [1.29, 1.82) is 0 Å². The number of nitrogens with zero attached hydrogens (tertiary/aromatic N) is 1. The highest BCUT2D eigenvalue weighted by Crippen LogP contribution is 2.21. The molecule has 0 aliphatic heterocycles. The van der Waals surface area contributed by atoms with E-state index < -0.39 is 10.0 Å². The van der Waals surface area contributed by atoms with Gasteiger partial charge in [-0.05, 0) is 64.0 Å². The van der Waals surface area contributed by atoms with Gasteiger partial charge in [0.15, 0.2) is 0 Å². The lowest BCUT2D eigenvalue weighted by atomic mass is 10.2. The van der Waals surface area contributed by atoms with Crippen LogP contribution in [0.3, 0.4) is 0 Å². The summed E-state index contributed by atoms with van der Waals surface area (Å²) in [6, 6.07) is 5.24. The van der Waals surface area contributed by atoms with E-state index in [1.54, 1.807) is 6.07 Å². The van der Waals surface area contributed by atoms with Gasteiger partial charge in [-0.1, -0.05) is 35.8 Å². The Morgan fingerprint density at radius 3 is 2.50 bits per heavy atom. The quantitative estimate of drug-likeness (QED) is 0.701. The topological polar surface area (TPSA) is 49.4 Å². The van der Waals surface area contributed by atoms with E-state index in [1.165, 1.54) is 0 Å². The molecule has 1 aromatic carbocycles. The van der Waals surface area contributed by atoms with E-state index in [1.807, 2.05) is 26.0 Å². The molecule has 22 heavy (non-hydrogen) atoms. The Balaban J connectivity index is 2.62. The summed E-state index contributed by atoms with van der Waals surface area (Å²) in [5.41, 5.74) is 0.756. The summed E-state index contributed by atoms with van der Waals surface area (Å²) < 4.78 is 28.5. The average molecular weight is 391 g/mol. The molecule has 0 saturated heterocycles. The third-order valence-corrected chi connectivity index (χ3v) is 6.03. The predicted molar refractivity (Wildman–Crippen MR) is 95.7 cm³/mol. The molecule has 0 radical (unpaired) electrons. The summed E-state index contributed by atoms with van der Waals surface area (Å²) >= 11 is 3.33. The van der Waals surface area contributed by atoms with Gasteiger partial charge in [0, 0.05) is 10.5 Å². The number of halogens is 1.